The Bertz CT molecular complexity index is 372. The van der Waals surface area contributed by atoms with Crippen LogP contribution in [-0.4, -0.2) is 12.0 Å². The molecule has 0 radical (unpaired) electrons. The summed E-state index contributed by atoms with van der Waals surface area (Å²) in [5.74, 6) is 1.93. The van der Waals surface area contributed by atoms with Gasteiger partial charge in [0.25, 0.3) is 0 Å². The molecule has 1 fully saturated rings. The second kappa shape index (κ2) is 5.74. The molecule has 1 saturated carbocycles. The summed E-state index contributed by atoms with van der Waals surface area (Å²) in [6, 6.07) is 5.66. The van der Waals surface area contributed by atoms with Crippen LogP contribution in [0.5, 0.6) is 0 Å². The highest BCUT2D eigenvalue weighted by Crippen LogP contribution is 2.33. The molecule has 0 heterocycles. The summed E-state index contributed by atoms with van der Waals surface area (Å²) >= 11 is 7.75. The molecule has 0 spiro atoms. The molecule has 0 aliphatic heterocycles. The standard InChI is InChI=1S/C13H15ClOS/c14-12-6-3-7-13(11(12)8-15)16-9-10-4-1-2-5-10/h3,6-8,10H,1-2,4-5,9H2. The highest BCUT2D eigenvalue weighted by Gasteiger charge is 2.16. The van der Waals surface area contributed by atoms with Gasteiger partial charge in [-0.15, -0.1) is 11.8 Å². The number of benzene rings is 1. The maximum atomic E-state index is 10.9. The molecule has 1 aliphatic carbocycles. The van der Waals surface area contributed by atoms with Crippen molar-refractivity contribution >= 4 is 29.6 Å². The van der Waals surface area contributed by atoms with Crippen LogP contribution >= 0.6 is 23.4 Å². The zero-order valence-electron chi connectivity index (χ0n) is 9.12. The highest BCUT2D eigenvalue weighted by atomic mass is 35.5. The third-order valence-corrected chi connectivity index (χ3v) is 4.71. The van der Waals surface area contributed by atoms with Crippen LogP contribution in [0.15, 0.2) is 23.1 Å². The van der Waals surface area contributed by atoms with Crippen molar-refractivity contribution in [3.63, 3.8) is 0 Å². The van der Waals surface area contributed by atoms with Crippen LogP contribution in [0.4, 0.5) is 0 Å². The maximum absolute atomic E-state index is 10.9. The number of hydrogen-bond acceptors (Lipinski definition) is 2. The fraction of sp³-hybridized carbons (Fsp3) is 0.462. The second-order valence-electron chi connectivity index (χ2n) is 4.23. The lowest BCUT2D eigenvalue weighted by Crippen LogP contribution is -1.97. The number of carbonyl (C=O) groups is 1. The molecule has 1 nitrogen and oxygen atoms in total. The van der Waals surface area contributed by atoms with Crippen molar-refractivity contribution in [3.05, 3.63) is 28.8 Å². The van der Waals surface area contributed by atoms with Gasteiger partial charge in [-0.3, -0.25) is 4.79 Å². The van der Waals surface area contributed by atoms with Crippen LogP contribution in [-0.2, 0) is 0 Å². The summed E-state index contributed by atoms with van der Waals surface area (Å²) in [6.07, 6.45) is 6.26. The molecule has 0 unspecified atom stereocenters. The highest BCUT2D eigenvalue weighted by molar-refractivity contribution is 7.99. The fourth-order valence-electron chi connectivity index (χ4n) is 2.14. The van der Waals surface area contributed by atoms with Crippen molar-refractivity contribution in [2.24, 2.45) is 5.92 Å². The van der Waals surface area contributed by atoms with Crippen molar-refractivity contribution < 1.29 is 4.79 Å². The lowest BCUT2D eigenvalue weighted by molar-refractivity contribution is 0.112. The zero-order chi connectivity index (χ0) is 11.4. The van der Waals surface area contributed by atoms with Crippen LogP contribution in [0.3, 0.4) is 0 Å². The fourth-order valence-corrected chi connectivity index (χ4v) is 3.65. The molecular weight excluding hydrogens is 240 g/mol. The summed E-state index contributed by atoms with van der Waals surface area (Å²) in [6.45, 7) is 0. The van der Waals surface area contributed by atoms with E-state index >= 15 is 0 Å². The summed E-state index contributed by atoms with van der Waals surface area (Å²) in [7, 11) is 0. The molecule has 86 valence electrons. The SMILES string of the molecule is O=Cc1c(Cl)cccc1SCC1CCCC1. The van der Waals surface area contributed by atoms with Gasteiger partial charge in [0.2, 0.25) is 0 Å². The summed E-state index contributed by atoms with van der Waals surface area (Å²) in [5.41, 5.74) is 0.646. The molecule has 0 atom stereocenters. The van der Waals surface area contributed by atoms with E-state index in [0.29, 0.717) is 10.6 Å². The molecule has 2 rings (SSSR count). The first-order chi connectivity index (χ1) is 7.81. The van der Waals surface area contributed by atoms with Crippen LogP contribution in [0, 0.1) is 5.92 Å². The number of halogens is 1. The van der Waals surface area contributed by atoms with E-state index in [2.05, 4.69) is 0 Å². The van der Waals surface area contributed by atoms with Crippen molar-refractivity contribution in [2.75, 3.05) is 5.75 Å². The molecule has 0 N–H and O–H groups in total. The molecular formula is C13H15ClOS. The van der Waals surface area contributed by atoms with Gasteiger partial charge in [0.15, 0.2) is 6.29 Å². The summed E-state index contributed by atoms with van der Waals surface area (Å²) in [4.78, 5) is 12.0. The molecule has 3 heteroatoms. The normalized spacial score (nSPS) is 16.6. The molecule has 0 bridgehead atoms. The smallest absolute Gasteiger partial charge is 0.152 e. The van der Waals surface area contributed by atoms with Crippen molar-refractivity contribution in [3.8, 4) is 0 Å². The Balaban J connectivity index is 2.02. The van der Waals surface area contributed by atoms with Crippen LogP contribution in [0.25, 0.3) is 0 Å². The summed E-state index contributed by atoms with van der Waals surface area (Å²) < 4.78 is 0. The van der Waals surface area contributed by atoms with Gasteiger partial charge in [0.05, 0.1) is 5.02 Å². The first-order valence-corrected chi connectivity index (χ1v) is 7.04. The predicted octanol–water partition coefficient (Wildman–Crippen LogP) is 4.43. The third kappa shape index (κ3) is 2.80. The monoisotopic (exact) mass is 254 g/mol. The molecule has 0 aromatic heterocycles. The van der Waals surface area contributed by atoms with E-state index in [9.17, 15) is 4.79 Å². The van der Waals surface area contributed by atoms with Crippen LogP contribution in [0.1, 0.15) is 36.0 Å². The number of thioether (sulfide) groups is 1. The van der Waals surface area contributed by atoms with E-state index in [1.54, 1.807) is 17.8 Å². The van der Waals surface area contributed by atoms with Gasteiger partial charge in [0.1, 0.15) is 0 Å². The number of rotatable bonds is 4. The Morgan fingerprint density at radius 3 is 2.81 bits per heavy atom. The van der Waals surface area contributed by atoms with Gasteiger partial charge in [-0.25, -0.2) is 0 Å². The van der Waals surface area contributed by atoms with Crippen LogP contribution < -0.4 is 0 Å². The predicted molar refractivity (Wildman–Crippen MR) is 69.5 cm³/mol. The minimum atomic E-state index is 0.562. The van der Waals surface area contributed by atoms with Crippen molar-refractivity contribution in [1.29, 1.82) is 0 Å². The van der Waals surface area contributed by atoms with E-state index < -0.39 is 0 Å². The van der Waals surface area contributed by atoms with E-state index in [4.69, 9.17) is 11.6 Å². The quantitative estimate of drug-likeness (QED) is 0.584. The van der Waals surface area contributed by atoms with Gasteiger partial charge in [0, 0.05) is 16.2 Å². The largest absolute Gasteiger partial charge is 0.298 e. The third-order valence-electron chi connectivity index (χ3n) is 3.08. The minimum Gasteiger partial charge on any atom is -0.298 e. The van der Waals surface area contributed by atoms with Gasteiger partial charge < -0.3 is 0 Å². The van der Waals surface area contributed by atoms with Crippen LogP contribution in [0.2, 0.25) is 5.02 Å². The number of hydrogen-bond donors (Lipinski definition) is 0. The molecule has 16 heavy (non-hydrogen) atoms. The van der Waals surface area contributed by atoms with E-state index in [0.717, 1.165) is 22.9 Å². The first-order valence-electron chi connectivity index (χ1n) is 5.67. The summed E-state index contributed by atoms with van der Waals surface area (Å²) in [5, 5.41) is 0.562. The van der Waals surface area contributed by atoms with Gasteiger partial charge >= 0.3 is 0 Å². The topological polar surface area (TPSA) is 17.1 Å². The Hall–Kier alpha value is -0.470. The van der Waals surface area contributed by atoms with E-state index in [-0.39, 0.29) is 0 Å². The minimum absolute atomic E-state index is 0.562. The van der Waals surface area contributed by atoms with Crippen molar-refractivity contribution in [2.45, 2.75) is 30.6 Å². The van der Waals surface area contributed by atoms with E-state index in [1.165, 1.54) is 25.7 Å². The van der Waals surface area contributed by atoms with Crippen molar-refractivity contribution in [1.82, 2.24) is 0 Å². The first kappa shape index (κ1) is 12.0. The Kier molecular flexibility index (Phi) is 4.30. The Labute approximate surface area is 106 Å². The number of aldehydes is 1. The Morgan fingerprint density at radius 2 is 2.12 bits per heavy atom. The molecule has 0 saturated heterocycles. The number of carbonyl (C=O) groups excluding carboxylic acids is 1. The maximum Gasteiger partial charge on any atom is 0.152 e. The molecule has 0 amide bonds. The molecule has 1 aromatic rings. The van der Waals surface area contributed by atoms with Gasteiger partial charge in [-0.05, 0) is 30.9 Å². The zero-order valence-corrected chi connectivity index (χ0v) is 10.7. The average molecular weight is 255 g/mol. The Morgan fingerprint density at radius 1 is 1.38 bits per heavy atom. The van der Waals surface area contributed by atoms with Gasteiger partial charge in [-0.2, -0.15) is 0 Å². The van der Waals surface area contributed by atoms with Gasteiger partial charge in [-0.1, -0.05) is 30.5 Å². The lowest BCUT2D eigenvalue weighted by atomic mass is 10.1. The second-order valence-corrected chi connectivity index (χ2v) is 5.70. The lowest BCUT2D eigenvalue weighted by Gasteiger charge is -2.10. The average Bonchev–Trinajstić information content (AvgIpc) is 2.79. The molecule has 1 aromatic carbocycles. The van der Waals surface area contributed by atoms with E-state index in [1.807, 2.05) is 12.1 Å². The molecule has 1 aliphatic rings.